The van der Waals surface area contributed by atoms with E-state index in [-0.39, 0.29) is 114 Å². The van der Waals surface area contributed by atoms with Crippen molar-refractivity contribution >= 4 is 65.3 Å². The first kappa shape index (κ1) is 73.7. The van der Waals surface area contributed by atoms with E-state index in [1.807, 2.05) is 127 Å². The van der Waals surface area contributed by atoms with E-state index in [4.69, 9.17) is 50.3 Å². The fraction of sp³-hybridized carbons (Fsp3) is 0.319. The molecule has 0 spiro atoms. The van der Waals surface area contributed by atoms with Crippen molar-refractivity contribution in [2.75, 3.05) is 26.2 Å². The Morgan fingerprint density at radius 2 is 0.542 bits per heavy atom. The Bertz CT molecular complexity index is 3550. The van der Waals surface area contributed by atoms with Crippen LogP contribution in [0.5, 0.6) is 0 Å². The summed E-state index contributed by atoms with van der Waals surface area (Å²) in [6.45, 7) is 0.544. The highest BCUT2D eigenvalue weighted by Gasteiger charge is 2.34. The van der Waals surface area contributed by atoms with Gasteiger partial charge in [-0.05, 0) is 101 Å². The molecule has 0 radical (unpaired) electrons. The first-order chi connectivity index (χ1) is 46.1. The number of carboxylic acid groups (broad SMARTS) is 1. The Morgan fingerprint density at radius 3 is 0.823 bits per heavy atom. The van der Waals surface area contributed by atoms with Gasteiger partial charge in [0, 0.05) is 45.4 Å². The van der Waals surface area contributed by atoms with Crippen LogP contribution in [0.2, 0.25) is 0 Å². The number of amides is 6. The molecule has 27 nitrogen and oxygen atoms in total. The highest BCUT2D eigenvalue weighted by molar-refractivity contribution is 5.97. The van der Waals surface area contributed by atoms with Gasteiger partial charge in [0.1, 0.15) is 36.3 Å². The van der Waals surface area contributed by atoms with Gasteiger partial charge in [0.2, 0.25) is 35.4 Å². The molecule has 6 rings (SSSR count). The molecule has 0 aliphatic rings. The molecule has 0 aliphatic carbocycles. The molecule has 0 saturated carbocycles. The van der Waals surface area contributed by atoms with Crippen molar-refractivity contribution < 1.29 is 38.7 Å². The Hall–Kier alpha value is -11.4. The third kappa shape index (κ3) is 25.6. The second-order valence-corrected chi connectivity index (χ2v) is 23.0. The lowest BCUT2D eigenvalue weighted by molar-refractivity contribution is -0.142. The van der Waals surface area contributed by atoms with Crippen molar-refractivity contribution in [3.63, 3.8) is 0 Å². The number of rotatable bonds is 38. The van der Waals surface area contributed by atoms with E-state index in [9.17, 15) is 29.1 Å². The monoisotopic (exact) mass is 1310 g/mol. The van der Waals surface area contributed by atoms with Gasteiger partial charge < -0.3 is 86.9 Å². The van der Waals surface area contributed by atoms with Crippen molar-refractivity contribution in [3.05, 3.63) is 180 Å². The topological polar surface area (TPSA) is 486 Å². The molecule has 0 aliphatic heterocycles. The van der Waals surface area contributed by atoms with Gasteiger partial charge in [0.05, 0.1) is 6.04 Å². The summed E-state index contributed by atoms with van der Waals surface area (Å²) in [6, 6.07) is 41.1. The molecule has 0 unspecified atom stereocenters. The Labute approximate surface area is 558 Å². The number of carbonyl (C=O) groups is 7. The van der Waals surface area contributed by atoms with Crippen LogP contribution in [-0.2, 0) is 52.8 Å². The van der Waals surface area contributed by atoms with Gasteiger partial charge in [-0.3, -0.25) is 50.4 Å². The van der Waals surface area contributed by atoms with Crippen LogP contribution < -0.4 is 81.8 Å². The molecule has 508 valence electrons. The second-order valence-electron chi connectivity index (χ2n) is 23.0. The molecular formula is C69H89N19O8. The smallest absolute Gasteiger partial charge is 0.326 e. The molecule has 0 saturated heterocycles. The number of carboxylic acids is 1. The zero-order chi connectivity index (χ0) is 69.4. The largest absolute Gasteiger partial charge is 0.480 e. The van der Waals surface area contributed by atoms with E-state index in [0.29, 0.717) is 23.1 Å². The summed E-state index contributed by atoms with van der Waals surface area (Å²) < 4.78 is 0. The van der Waals surface area contributed by atoms with Crippen LogP contribution in [0.15, 0.2) is 164 Å². The normalized spacial score (nSPS) is 13.0. The van der Waals surface area contributed by atoms with Crippen molar-refractivity contribution in [1.82, 2.24) is 53.2 Å². The predicted octanol–water partition coefficient (Wildman–Crippen LogP) is 2.09. The van der Waals surface area contributed by atoms with Gasteiger partial charge in [0.15, 0.2) is 23.8 Å². The van der Waals surface area contributed by atoms with Crippen LogP contribution in [0, 0.1) is 21.6 Å². The number of aliphatic carboxylic acids is 1. The van der Waals surface area contributed by atoms with E-state index < -0.39 is 83.7 Å². The van der Waals surface area contributed by atoms with Crippen LogP contribution in [0.25, 0.3) is 33.4 Å². The van der Waals surface area contributed by atoms with Gasteiger partial charge in [-0.2, -0.15) is 0 Å². The third-order valence-electron chi connectivity index (χ3n) is 15.6. The SMILES string of the molecule is N=C(N)NCCC[C@H](NC(=O)[C@H](CCCNC(=N)N)NC(=O)[C@H](CCCNC(=N)N)NC(=O)[C@@H](N)CCCNC(=N)N)C(=O)N[C@@H](Cc1ccc(-c2ccccc2)cc1)C(=O)N[C@@H](Cc1ccc(-c2ccccc2)cc1)C(=O)N[C@@H](Cc1ccc(-c2ccccc2)cc1)C(=O)O. The average Bonchev–Trinajstić information content (AvgIpc) is 1.14. The van der Waals surface area contributed by atoms with E-state index in [0.717, 1.165) is 33.4 Å². The van der Waals surface area contributed by atoms with Crippen molar-refractivity contribution in [1.29, 1.82) is 21.6 Å². The van der Waals surface area contributed by atoms with E-state index >= 15 is 9.59 Å². The quantitative estimate of drug-likeness (QED) is 0.0150. The molecule has 96 heavy (non-hydrogen) atoms. The zero-order valence-corrected chi connectivity index (χ0v) is 53.4. The summed E-state index contributed by atoms with van der Waals surface area (Å²) in [4.78, 5) is 101. The Morgan fingerprint density at radius 1 is 0.312 bits per heavy atom. The summed E-state index contributed by atoms with van der Waals surface area (Å²) in [5, 5.41) is 68.2. The maximum Gasteiger partial charge on any atom is 0.326 e. The molecule has 7 atom stereocenters. The van der Waals surface area contributed by atoms with Gasteiger partial charge in [0.25, 0.3) is 0 Å². The van der Waals surface area contributed by atoms with Crippen molar-refractivity contribution in [3.8, 4) is 33.4 Å². The fourth-order valence-electron chi connectivity index (χ4n) is 10.4. The number of nitrogens with one attached hydrogen (secondary N) is 14. The fourth-order valence-corrected chi connectivity index (χ4v) is 10.4. The number of hydrogen-bond donors (Lipinski definition) is 20. The lowest BCUT2D eigenvalue weighted by Gasteiger charge is -2.28. The lowest BCUT2D eigenvalue weighted by atomic mass is 9.98. The molecular weight excluding hydrogens is 1220 g/mol. The molecule has 0 fully saturated rings. The summed E-state index contributed by atoms with van der Waals surface area (Å²) in [5.74, 6) is -7.53. The maximum absolute atomic E-state index is 15.3. The maximum atomic E-state index is 15.3. The summed E-state index contributed by atoms with van der Waals surface area (Å²) in [6.07, 6.45) is 0.333. The molecule has 25 N–H and O–H groups in total. The highest BCUT2D eigenvalue weighted by atomic mass is 16.4. The Kier molecular flexibility index (Phi) is 29.6. The molecule has 6 amide bonds. The minimum Gasteiger partial charge on any atom is -0.480 e. The van der Waals surface area contributed by atoms with Gasteiger partial charge in [-0.25, -0.2) is 4.79 Å². The number of benzene rings is 6. The van der Waals surface area contributed by atoms with E-state index in [1.165, 1.54) is 0 Å². The summed E-state index contributed by atoms with van der Waals surface area (Å²) in [5.41, 5.74) is 35.6. The van der Waals surface area contributed by atoms with E-state index in [1.54, 1.807) is 36.4 Å². The molecule has 0 heterocycles. The van der Waals surface area contributed by atoms with Gasteiger partial charge in [-0.15, -0.1) is 0 Å². The summed E-state index contributed by atoms with van der Waals surface area (Å²) >= 11 is 0. The molecule has 27 heteroatoms. The minimum atomic E-state index is -1.48. The van der Waals surface area contributed by atoms with Crippen LogP contribution in [0.1, 0.15) is 68.1 Å². The first-order valence-electron chi connectivity index (χ1n) is 31.7. The zero-order valence-electron chi connectivity index (χ0n) is 53.4. The van der Waals surface area contributed by atoms with Crippen molar-refractivity contribution in [2.24, 2.45) is 28.7 Å². The molecule has 6 aromatic carbocycles. The number of guanidine groups is 4. The molecule has 0 bridgehead atoms. The second kappa shape index (κ2) is 38.6. The van der Waals surface area contributed by atoms with E-state index in [2.05, 4.69) is 53.2 Å². The van der Waals surface area contributed by atoms with Gasteiger partial charge in [-0.1, -0.05) is 164 Å². The Balaban J connectivity index is 1.32. The number of hydrogen-bond acceptors (Lipinski definition) is 12. The average molecular weight is 1310 g/mol. The first-order valence-corrected chi connectivity index (χ1v) is 31.7. The van der Waals surface area contributed by atoms with Crippen LogP contribution >= 0.6 is 0 Å². The molecule has 6 aromatic rings. The standard InChI is InChI=1S/C69H89N19O8/c70-52(20-10-36-79-66(71)72)59(89)83-53(21-11-37-80-67(73)74)60(90)84-54(22-12-38-81-68(75)76)61(91)85-55(23-13-39-82-69(77)78)62(92)86-56(40-43-24-30-49(31-25-43)46-14-4-1-5-15-46)63(93)87-57(41-44-26-32-50(33-27-44)47-16-6-2-7-17-47)64(94)88-58(65(95)96)42-45-28-34-51(35-29-45)48-18-8-3-9-19-48/h1-9,14-19,24-35,52-58H,10-13,20-23,36-42,70H2,(H,83,89)(H,84,90)(H,85,91)(H,86,92)(H,87,93)(H,88,94)(H,95,96)(H4,71,72,79)(H4,73,74,80)(H4,75,76,81)(H4,77,78,82)/t52-,53-,54-,55-,56-,57-,58-/m0/s1. The lowest BCUT2D eigenvalue weighted by Crippen LogP contribution is -2.60. The van der Waals surface area contributed by atoms with Crippen molar-refractivity contribution in [2.45, 2.75) is 113 Å². The van der Waals surface area contributed by atoms with Crippen LogP contribution in [0.3, 0.4) is 0 Å². The summed E-state index contributed by atoms with van der Waals surface area (Å²) in [7, 11) is 0. The van der Waals surface area contributed by atoms with Crippen LogP contribution in [0.4, 0.5) is 0 Å². The third-order valence-corrected chi connectivity index (χ3v) is 15.6. The highest BCUT2D eigenvalue weighted by Crippen LogP contribution is 2.23. The number of nitrogens with two attached hydrogens (primary N) is 5. The predicted molar refractivity (Wildman–Crippen MR) is 371 cm³/mol. The minimum absolute atomic E-state index is 0.0174. The van der Waals surface area contributed by atoms with Crippen LogP contribution in [-0.4, -0.2) is 139 Å². The molecule has 0 aromatic heterocycles. The number of carbonyl (C=O) groups excluding carboxylic acids is 6. The van der Waals surface area contributed by atoms with Gasteiger partial charge >= 0.3 is 5.97 Å².